The Morgan fingerprint density at radius 1 is 0.426 bits per heavy atom. The zero-order valence-electron chi connectivity index (χ0n) is 43.3. The van der Waals surface area contributed by atoms with Crippen LogP contribution in [0.1, 0.15) is 239 Å². The van der Waals surface area contributed by atoms with E-state index in [0.29, 0.717) is 19.3 Å². The lowest BCUT2D eigenvalue weighted by molar-refractivity contribution is -0.161. The molecule has 3 atom stereocenters. The predicted octanol–water partition coefficient (Wildman–Crippen LogP) is 15.6. The molecule has 0 saturated heterocycles. The maximum Gasteiger partial charge on any atom is 0.472 e. The smallest absolute Gasteiger partial charge is 0.462 e. The van der Waals surface area contributed by atoms with Crippen LogP contribution in [0.5, 0.6) is 0 Å². The molecule has 2 N–H and O–H groups in total. The highest BCUT2D eigenvalue weighted by Gasteiger charge is 2.28. The van der Waals surface area contributed by atoms with E-state index in [1.54, 1.807) is 0 Å². The van der Waals surface area contributed by atoms with E-state index in [-0.39, 0.29) is 25.9 Å². The number of rotatable bonds is 50. The molecule has 0 aliphatic carbocycles. The molecule has 0 radical (unpaired) electrons. The van der Waals surface area contributed by atoms with Gasteiger partial charge >= 0.3 is 25.7 Å². The van der Waals surface area contributed by atoms with Gasteiger partial charge in [0.05, 0.1) is 19.8 Å². The van der Waals surface area contributed by atoms with Crippen molar-refractivity contribution in [1.82, 2.24) is 0 Å². The molecule has 0 rings (SSSR count). The van der Waals surface area contributed by atoms with Crippen LogP contribution < -0.4 is 0 Å². The zero-order chi connectivity index (χ0) is 49.9. The Balaban J connectivity index is 4.74. The molecule has 11 nitrogen and oxygen atoms in total. The third-order valence-electron chi connectivity index (χ3n) is 11.4. The summed E-state index contributed by atoms with van der Waals surface area (Å²) in [4.78, 5) is 48.3. The molecule has 0 spiro atoms. The summed E-state index contributed by atoms with van der Waals surface area (Å²) < 4.78 is 39.4. The van der Waals surface area contributed by atoms with Crippen molar-refractivity contribution < 1.29 is 52.2 Å². The summed E-state index contributed by atoms with van der Waals surface area (Å²) in [6, 6.07) is 0. The molecule has 0 aliphatic heterocycles. The van der Waals surface area contributed by atoms with Gasteiger partial charge in [0.2, 0.25) is 0 Å². The molecule has 0 heterocycles. The Labute approximate surface area is 415 Å². The first-order valence-corrected chi connectivity index (χ1v) is 28.7. The van der Waals surface area contributed by atoms with E-state index in [9.17, 15) is 28.9 Å². The number of phosphoric acid groups is 1. The number of allylic oxidation sites excluding steroid dienone is 10. The summed E-state index contributed by atoms with van der Waals surface area (Å²) in [7, 11) is -4.75. The first-order chi connectivity index (χ1) is 33.2. The Bertz CT molecular complexity index is 1370. The summed E-state index contributed by atoms with van der Waals surface area (Å²) in [6.45, 7) is 4.44. The number of carbonyl (C=O) groups is 3. The molecule has 12 heteroatoms. The van der Waals surface area contributed by atoms with E-state index in [2.05, 4.69) is 81.5 Å². The van der Waals surface area contributed by atoms with Gasteiger partial charge in [-0.05, 0) is 96.3 Å². The summed E-state index contributed by atoms with van der Waals surface area (Å²) in [6.07, 6.45) is 53.3. The summed E-state index contributed by atoms with van der Waals surface area (Å²) in [5.41, 5.74) is 0. The second-order valence-corrected chi connectivity index (χ2v) is 19.5. The Morgan fingerprint density at radius 3 is 1.25 bits per heavy atom. The van der Waals surface area contributed by atoms with Gasteiger partial charge in [-0.2, -0.15) is 0 Å². The first-order valence-electron chi connectivity index (χ1n) is 27.2. The fourth-order valence-corrected chi connectivity index (χ4v) is 8.01. The molecule has 0 aromatic heterocycles. The summed E-state index contributed by atoms with van der Waals surface area (Å²) in [5.74, 6) is -1.51. The SMILES string of the molecule is CC/C=C\C/C=C\C/C=C\CCCCCC(=O)OC(CO)COP(=O)(O)OCC(COC(=O)CCCCCCC/C=C\CCCC)OC(=O)CCCCCCCCC/C=C\CCCCCCCC. The van der Waals surface area contributed by atoms with Crippen molar-refractivity contribution >= 4 is 25.7 Å². The number of hydrogen-bond donors (Lipinski definition) is 2. The number of unbranched alkanes of at least 4 members (excludes halogenated alkanes) is 23. The van der Waals surface area contributed by atoms with E-state index >= 15 is 0 Å². The van der Waals surface area contributed by atoms with Crippen molar-refractivity contribution in [2.75, 3.05) is 26.4 Å². The lowest BCUT2D eigenvalue weighted by Gasteiger charge is -2.21. The average molecular weight is 979 g/mol. The fraction of sp³-hybridized carbons (Fsp3) is 0.768. The van der Waals surface area contributed by atoms with E-state index in [1.807, 2.05) is 0 Å². The standard InChI is InChI=1S/C56H99O11P/c1-4-7-10-13-16-19-22-24-25-26-27-29-32-35-38-41-44-47-56(60)67-53(49-63-54(58)45-42-39-36-33-30-21-18-15-12-9-6-3)51-65-68(61,62)64-50-52(48-57)66-55(59)46-43-40-37-34-31-28-23-20-17-14-11-8-5-2/h8,11,15,17-18,20,24-25,28,31,52-53,57H,4-7,9-10,12-14,16,19,21-23,26-27,29-30,32-51H2,1-3H3,(H,61,62)/b11-8-,18-15-,20-17-,25-24-,31-28-. The van der Waals surface area contributed by atoms with Crippen LogP contribution in [0.25, 0.3) is 0 Å². The summed E-state index contributed by atoms with van der Waals surface area (Å²) >= 11 is 0. The van der Waals surface area contributed by atoms with Gasteiger partial charge in [0.15, 0.2) is 6.10 Å². The highest BCUT2D eigenvalue weighted by molar-refractivity contribution is 7.47. The van der Waals surface area contributed by atoms with Crippen LogP contribution >= 0.6 is 7.82 Å². The number of phosphoric ester groups is 1. The van der Waals surface area contributed by atoms with Crippen LogP contribution in [-0.4, -0.2) is 66.5 Å². The van der Waals surface area contributed by atoms with Crippen molar-refractivity contribution in [2.45, 2.75) is 251 Å². The van der Waals surface area contributed by atoms with Crippen molar-refractivity contribution in [2.24, 2.45) is 0 Å². The molecule has 0 aromatic carbocycles. The monoisotopic (exact) mass is 979 g/mol. The second-order valence-electron chi connectivity index (χ2n) is 18.0. The van der Waals surface area contributed by atoms with Crippen LogP contribution in [0, 0.1) is 0 Å². The van der Waals surface area contributed by atoms with Crippen LogP contribution in [0.15, 0.2) is 60.8 Å². The minimum Gasteiger partial charge on any atom is -0.462 e. The van der Waals surface area contributed by atoms with Gasteiger partial charge in [-0.15, -0.1) is 0 Å². The number of carbonyl (C=O) groups excluding carboxylic acids is 3. The Morgan fingerprint density at radius 2 is 0.779 bits per heavy atom. The van der Waals surface area contributed by atoms with Gasteiger partial charge in [-0.3, -0.25) is 23.4 Å². The molecular formula is C56H99O11P. The number of esters is 3. The number of aliphatic hydroxyl groups excluding tert-OH is 1. The minimum atomic E-state index is -4.75. The van der Waals surface area contributed by atoms with E-state index < -0.39 is 57.8 Å². The highest BCUT2D eigenvalue weighted by atomic mass is 31.2. The van der Waals surface area contributed by atoms with Gasteiger partial charge in [0.1, 0.15) is 12.7 Å². The molecule has 3 unspecified atom stereocenters. The van der Waals surface area contributed by atoms with Crippen molar-refractivity contribution in [3.05, 3.63) is 60.8 Å². The Hall–Kier alpha value is -2.82. The van der Waals surface area contributed by atoms with E-state index in [1.165, 1.54) is 70.6 Å². The fourth-order valence-electron chi connectivity index (χ4n) is 7.23. The number of ether oxygens (including phenoxy) is 3. The third-order valence-corrected chi connectivity index (χ3v) is 12.3. The second kappa shape index (κ2) is 50.6. The van der Waals surface area contributed by atoms with Crippen molar-refractivity contribution in [3.8, 4) is 0 Å². The molecule has 0 bridgehead atoms. The quantitative estimate of drug-likeness (QED) is 0.0197. The zero-order valence-corrected chi connectivity index (χ0v) is 44.2. The van der Waals surface area contributed by atoms with Crippen molar-refractivity contribution in [1.29, 1.82) is 0 Å². The maximum absolute atomic E-state index is 12.9. The minimum absolute atomic E-state index is 0.141. The molecule has 68 heavy (non-hydrogen) atoms. The lowest BCUT2D eigenvalue weighted by atomic mass is 10.1. The molecule has 0 aliphatic rings. The average Bonchev–Trinajstić information content (AvgIpc) is 3.32. The van der Waals surface area contributed by atoms with Gasteiger partial charge in [-0.1, -0.05) is 184 Å². The van der Waals surface area contributed by atoms with Crippen molar-refractivity contribution in [3.63, 3.8) is 0 Å². The van der Waals surface area contributed by atoms with Crippen LogP contribution in [0.4, 0.5) is 0 Å². The van der Waals surface area contributed by atoms with E-state index in [4.69, 9.17) is 23.3 Å². The van der Waals surface area contributed by atoms with Gasteiger partial charge < -0.3 is 24.2 Å². The lowest BCUT2D eigenvalue weighted by Crippen LogP contribution is -2.30. The van der Waals surface area contributed by atoms with Gasteiger partial charge in [0, 0.05) is 19.3 Å². The predicted molar refractivity (Wildman–Crippen MR) is 279 cm³/mol. The molecule has 0 aromatic rings. The maximum atomic E-state index is 12.9. The highest BCUT2D eigenvalue weighted by Crippen LogP contribution is 2.43. The molecule has 394 valence electrons. The Kier molecular flexibility index (Phi) is 48.5. The normalized spacial score (nSPS) is 13.9. The number of hydrogen-bond acceptors (Lipinski definition) is 10. The first kappa shape index (κ1) is 65.2. The molecule has 0 amide bonds. The summed E-state index contributed by atoms with van der Waals surface area (Å²) in [5, 5.41) is 9.77. The molecule has 0 saturated carbocycles. The topological polar surface area (TPSA) is 155 Å². The van der Waals surface area contributed by atoms with Crippen LogP contribution in [0.3, 0.4) is 0 Å². The third kappa shape index (κ3) is 48.2. The number of aliphatic hydroxyl groups is 1. The van der Waals surface area contributed by atoms with E-state index in [0.717, 1.165) is 109 Å². The molecule has 0 fully saturated rings. The van der Waals surface area contributed by atoms with Crippen LogP contribution in [0.2, 0.25) is 0 Å². The van der Waals surface area contributed by atoms with Gasteiger partial charge in [-0.25, -0.2) is 4.57 Å². The largest absolute Gasteiger partial charge is 0.472 e. The van der Waals surface area contributed by atoms with Gasteiger partial charge in [0.25, 0.3) is 0 Å². The van der Waals surface area contributed by atoms with Crippen LogP contribution in [-0.2, 0) is 42.2 Å². The molecular weight excluding hydrogens is 880 g/mol.